The molecule has 0 bridgehead atoms. The van der Waals surface area contributed by atoms with Crippen molar-refractivity contribution in [2.45, 2.75) is 52.4 Å². The van der Waals surface area contributed by atoms with Crippen molar-refractivity contribution in [3.63, 3.8) is 0 Å². The molecule has 0 radical (unpaired) electrons. The van der Waals surface area contributed by atoms with E-state index in [9.17, 15) is 4.79 Å². The smallest absolute Gasteiger partial charge is 0.338 e. The highest BCUT2D eigenvalue weighted by molar-refractivity contribution is 5.91. The molecule has 3 N–H and O–H groups in total. The largest absolute Gasteiger partial charge is 0.462 e. The van der Waals surface area contributed by atoms with E-state index in [-0.39, 0.29) is 5.97 Å². The lowest BCUT2D eigenvalue weighted by Gasteiger charge is -2.10. The minimum absolute atomic E-state index is 0.327. The summed E-state index contributed by atoms with van der Waals surface area (Å²) < 4.78 is 4.95. The van der Waals surface area contributed by atoms with Crippen LogP contribution in [-0.4, -0.2) is 19.1 Å². The average molecular weight is 292 g/mol. The molecule has 0 aliphatic heterocycles. The second kappa shape index (κ2) is 10.1. The first-order chi connectivity index (χ1) is 10.2. The minimum Gasteiger partial charge on any atom is -0.462 e. The van der Waals surface area contributed by atoms with Gasteiger partial charge in [0, 0.05) is 6.54 Å². The van der Waals surface area contributed by atoms with Gasteiger partial charge in [0.25, 0.3) is 0 Å². The molecule has 4 nitrogen and oxygen atoms in total. The SMILES string of the molecule is CCCCCCCCNc1ccc(C(=O)OCC)cc1N. The van der Waals surface area contributed by atoms with Crippen molar-refractivity contribution in [2.24, 2.45) is 0 Å². The molecule has 1 rings (SSSR count). The summed E-state index contributed by atoms with van der Waals surface area (Å²) in [5.74, 6) is -0.327. The Bertz CT molecular complexity index is 433. The van der Waals surface area contributed by atoms with Crippen LogP contribution in [0.1, 0.15) is 62.7 Å². The molecule has 0 saturated carbocycles. The van der Waals surface area contributed by atoms with Crippen LogP contribution in [0.15, 0.2) is 18.2 Å². The maximum atomic E-state index is 11.6. The third kappa shape index (κ3) is 6.52. The molecular formula is C17H28N2O2. The molecule has 0 saturated heterocycles. The fraction of sp³-hybridized carbons (Fsp3) is 0.588. The lowest BCUT2D eigenvalue weighted by Crippen LogP contribution is -2.08. The predicted octanol–water partition coefficient (Wildman–Crippen LogP) is 4.22. The van der Waals surface area contributed by atoms with Gasteiger partial charge < -0.3 is 15.8 Å². The van der Waals surface area contributed by atoms with E-state index in [4.69, 9.17) is 10.5 Å². The van der Waals surface area contributed by atoms with Crippen LogP contribution < -0.4 is 11.1 Å². The maximum Gasteiger partial charge on any atom is 0.338 e. The van der Waals surface area contributed by atoms with E-state index in [1.807, 2.05) is 6.07 Å². The number of hydrogen-bond donors (Lipinski definition) is 2. The Morgan fingerprint density at radius 1 is 1.14 bits per heavy atom. The fourth-order valence-electron chi connectivity index (χ4n) is 2.19. The lowest BCUT2D eigenvalue weighted by molar-refractivity contribution is 0.0526. The second-order valence-corrected chi connectivity index (χ2v) is 5.22. The molecule has 21 heavy (non-hydrogen) atoms. The Morgan fingerprint density at radius 3 is 2.52 bits per heavy atom. The van der Waals surface area contributed by atoms with Gasteiger partial charge in [0.2, 0.25) is 0 Å². The quantitative estimate of drug-likeness (QED) is 0.385. The monoisotopic (exact) mass is 292 g/mol. The van der Waals surface area contributed by atoms with Gasteiger partial charge in [-0.2, -0.15) is 0 Å². The van der Waals surface area contributed by atoms with E-state index < -0.39 is 0 Å². The van der Waals surface area contributed by atoms with Crippen LogP contribution in [0.5, 0.6) is 0 Å². The number of nitrogens with one attached hydrogen (secondary N) is 1. The summed E-state index contributed by atoms with van der Waals surface area (Å²) in [5.41, 5.74) is 7.94. The van der Waals surface area contributed by atoms with Gasteiger partial charge in [0.05, 0.1) is 23.5 Å². The number of hydrogen-bond acceptors (Lipinski definition) is 4. The summed E-state index contributed by atoms with van der Waals surface area (Å²) in [6, 6.07) is 5.26. The molecule has 0 aliphatic carbocycles. The second-order valence-electron chi connectivity index (χ2n) is 5.22. The molecule has 1 aromatic carbocycles. The summed E-state index contributed by atoms with van der Waals surface area (Å²) in [5, 5.41) is 3.32. The summed E-state index contributed by atoms with van der Waals surface area (Å²) in [6.45, 7) is 5.30. The number of carbonyl (C=O) groups is 1. The third-order valence-corrected chi connectivity index (χ3v) is 3.41. The summed E-state index contributed by atoms with van der Waals surface area (Å²) >= 11 is 0. The van der Waals surface area contributed by atoms with Crippen LogP contribution >= 0.6 is 0 Å². The zero-order valence-electron chi connectivity index (χ0n) is 13.3. The van der Waals surface area contributed by atoms with Gasteiger partial charge >= 0.3 is 5.97 Å². The highest BCUT2D eigenvalue weighted by atomic mass is 16.5. The molecule has 118 valence electrons. The molecular weight excluding hydrogens is 264 g/mol. The minimum atomic E-state index is -0.327. The van der Waals surface area contributed by atoms with Gasteiger partial charge in [-0.25, -0.2) is 4.79 Å². The zero-order valence-corrected chi connectivity index (χ0v) is 13.3. The topological polar surface area (TPSA) is 64.3 Å². The maximum absolute atomic E-state index is 11.6. The van der Waals surface area contributed by atoms with Gasteiger partial charge in [-0.15, -0.1) is 0 Å². The molecule has 1 aromatic rings. The Morgan fingerprint density at radius 2 is 1.86 bits per heavy atom. The number of nitrogen functional groups attached to an aromatic ring is 1. The number of nitrogens with two attached hydrogens (primary N) is 1. The van der Waals surface area contributed by atoms with Gasteiger partial charge in [-0.05, 0) is 31.5 Å². The predicted molar refractivity (Wildman–Crippen MR) is 88.7 cm³/mol. The average Bonchev–Trinajstić information content (AvgIpc) is 2.48. The van der Waals surface area contributed by atoms with Crippen molar-refractivity contribution < 1.29 is 9.53 Å². The van der Waals surface area contributed by atoms with E-state index in [1.54, 1.807) is 19.1 Å². The van der Waals surface area contributed by atoms with Crippen LogP contribution in [0.2, 0.25) is 0 Å². The fourth-order valence-corrected chi connectivity index (χ4v) is 2.19. The van der Waals surface area contributed by atoms with E-state index in [0.717, 1.165) is 18.7 Å². The Hall–Kier alpha value is -1.71. The van der Waals surface area contributed by atoms with E-state index >= 15 is 0 Å². The molecule has 0 spiro atoms. The van der Waals surface area contributed by atoms with Crippen molar-refractivity contribution in [1.82, 2.24) is 0 Å². The van der Waals surface area contributed by atoms with Crippen LogP contribution in [0.25, 0.3) is 0 Å². The summed E-state index contributed by atoms with van der Waals surface area (Å²) in [7, 11) is 0. The lowest BCUT2D eigenvalue weighted by atomic mass is 10.1. The van der Waals surface area contributed by atoms with Crippen LogP contribution in [0, 0.1) is 0 Å². The van der Waals surface area contributed by atoms with Crippen LogP contribution in [-0.2, 0) is 4.74 Å². The molecule has 0 aliphatic rings. The zero-order chi connectivity index (χ0) is 15.5. The van der Waals surface area contributed by atoms with Gasteiger partial charge in [0.1, 0.15) is 0 Å². The van der Waals surface area contributed by atoms with E-state index in [2.05, 4.69) is 12.2 Å². The van der Waals surface area contributed by atoms with Gasteiger partial charge in [0.15, 0.2) is 0 Å². The number of esters is 1. The van der Waals surface area contributed by atoms with Crippen LogP contribution in [0.3, 0.4) is 0 Å². The summed E-state index contributed by atoms with van der Waals surface area (Å²) in [4.78, 5) is 11.6. The van der Waals surface area contributed by atoms with Crippen molar-refractivity contribution >= 4 is 17.3 Å². The van der Waals surface area contributed by atoms with Crippen molar-refractivity contribution in [1.29, 1.82) is 0 Å². The van der Waals surface area contributed by atoms with Gasteiger partial charge in [-0.3, -0.25) is 0 Å². The number of ether oxygens (including phenoxy) is 1. The van der Waals surface area contributed by atoms with Crippen molar-refractivity contribution in [3.05, 3.63) is 23.8 Å². The van der Waals surface area contributed by atoms with Crippen molar-refractivity contribution in [2.75, 3.05) is 24.2 Å². The molecule has 4 heteroatoms. The number of anilines is 2. The third-order valence-electron chi connectivity index (χ3n) is 3.41. The highest BCUT2D eigenvalue weighted by Gasteiger charge is 2.08. The first-order valence-corrected chi connectivity index (χ1v) is 7.99. The van der Waals surface area contributed by atoms with E-state index in [1.165, 1.54) is 32.1 Å². The first-order valence-electron chi connectivity index (χ1n) is 7.99. The Balaban J connectivity index is 2.34. The number of rotatable bonds is 10. The number of unbranched alkanes of at least 4 members (excludes halogenated alkanes) is 5. The molecule has 0 aromatic heterocycles. The first kappa shape index (κ1) is 17.3. The molecule has 0 heterocycles. The van der Waals surface area contributed by atoms with Gasteiger partial charge in [-0.1, -0.05) is 39.0 Å². The Labute approximate surface area is 128 Å². The number of carbonyl (C=O) groups excluding carboxylic acids is 1. The molecule has 0 amide bonds. The molecule has 0 fully saturated rings. The standard InChI is InChI=1S/C17H28N2O2/c1-3-5-6-7-8-9-12-19-16-11-10-14(13-15(16)18)17(20)21-4-2/h10-11,13,19H,3-9,12,18H2,1-2H3. The molecule has 0 atom stereocenters. The number of benzene rings is 1. The summed E-state index contributed by atoms with van der Waals surface area (Å²) in [6.07, 6.45) is 7.62. The van der Waals surface area contributed by atoms with Crippen LogP contribution in [0.4, 0.5) is 11.4 Å². The normalized spacial score (nSPS) is 10.4. The Kier molecular flexibility index (Phi) is 8.32. The van der Waals surface area contributed by atoms with Crippen molar-refractivity contribution in [3.8, 4) is 0 Å². The molecule has 0 unspecified atom stereocenters. The van der Waals surface area contributed by atoms with E-state index in [0.29, 0.717) is 17.9 Å². The highest BCUT2D eigenvalue weighted by Crippen LogP contribution is 2.20.